The van der Waals surface area contributed by atoms with Crippen molar-refractivity contribution in [1.29, 1.82) is 0 Å². The van der Waals surface area contributed by atoms with Crippen LogP contribution in [0.15, 0.2) is 24.3 Å². The van der Waals surface area contributed by atoms with Gasteiger partial charge in [-0.15, -0.1) is 0 Å². The minimum Gasteiger partial charge on any atom is -0.452 e. The fourth-order valence-corrected chi connectivity index (χ4v) is 2.79. The van der Waals surface area contributed by atoms with Crippen LogP contribution < -0.4 is 5.32 Å². The standard InChI is InChI=1S/C20H28N2O6/c1-13-10-22(11-14(2)27-13)17(23)12-26-18(24)15-6-8-16(9-7-15)21-19(25)28-20(3,4)5/h6-9,13-14H,10-12H2,1-5H3,(H,21,25)/t13-,14+. The molecule has 1 saturated heterocycles. The monoisotopic (exact) mass is 392 g/mol. The summed E-state index contributed by atoms with van der Waals surface area (Å²) in [6, 6.07) is 6.15. The van der Waals surface area contributed by atoms with Crippen molar-refractivity contribution in [2.75, 3.05) is 25.0 Å². The lowest BCUT2D eigenvalue weighted by molar-refractivity contribution is -0.146. The number of hydrogen-bond acceptors (Lipinski definition) is 6. The second kappa shape index (κ2) is 9.05. The summed E-state index contributed by atoms with van der Waals surface area (Å²) in [5, 5.41) is 2.58. The summed E-state index contributed by atoms with van der Waals surface area (Å²) in [5.41, 5.74) is 0.167. The predicted octanol–water partition coefficient (Wildman–Crippen LogP) is 2.83. The maximum atomic E-state index is 12.2. The average molecular weight is 392 g/mol. The number of ether oxygens (including phenoxy) is 3. The lowest BCUT2D eigenvalue weighted by Gasteiger charge is -2.35. The van der Waals surface area contributed by atoms with Gasteiger partial charge in [0.1, 0.15) is 5.60 Å². The summed E-state index contributed by atoms with van der Waals surface area (Å²) in [6.45, 7) is 9.74. The van der Waals surface area contributed by atoms with Crippen molar-refractivity contribution in [1.82, 2.24) is 4.90 Å². The van der Waals surface area contributed by atoms with E-state index in [1.807, 2.05) is 13.8 Å². The molecule has 28 heavy (non-hydrogen) atoms. The molecule has 0 aromatic heterocycles. The fourth-order valence-electron chi connectivity index (χ4n) is 2.79. The summed E-state index contributed by atoms with van der Waals surface area (Å²) < 4.78 is 15.9. The Labute approximate surface area is 165 Å². The van der Waals surface area contributed by atoms with E-state index in [1.165, 1.54) is 12.1 Å². The van der Waals surface area contributed by atoms with Crippen LogP contribution in [0.3, 0.4) is 0 Å². The first-order chi connectivity index (χ1) is 13.0. The van der Waals surface area contributed by atoms with Crippen molar-refractivity contribution in [2.45, 2.75) is 52.4 Å². The Kier molecular flexibility index (Phi) is 7.01. The van der Waals surface area contributed by atoms with Crippen molar-refractivity contribution >= 4 is 23.7 Å². The maximum absolute atomic E-state index is 12.2. The smallest absolute Gasteiger partial charge is 0.412 e. The van der Waals surface area contributed by atoms with Crippen LogP contribution in [-0.2, 0) is 19.0 Å². The van der Waals surface area contributed by atoms with Gasteiger partial charge in [-0.1, -0.05) is 0 Å². The molecule has 8 heteroatoms. The predicted molar refractivity (Wildman–Crippen MR) is 103 cm³/mol. The molecule has 1 aromatic carbocycles. The number of nitrogens with one attached hydrogen (secondary N) is 1. The number of amides is 2. The van der Waals surface area contributed by atoms with E-state index in [4.69, 9.17) is 14.2 Å². The molecule has 2 amide bonds. The van der Waals surface area contributed by atoms with Gasteiger partial charge in [0.2, 0.25) is 0 Å². The zero-order valence-corrected chi connectivity index (χ0v) is 17.0. The van der Waals surface area contributed by atoms with E-state index in [2.05, 4.69) is 5.32 Å². The normalized spacial score (nSPS) is 19.7. The molecule has 1 aromatic rings. The SMILES string of the molecule is C[C@@H]1CN(C(=O)COC(=O)c2ccc(NC(=O)OC(C)(C)C)cc2)C[C@H](C)O1. The first kappa shape index (κ1) is 21.7. The number of morpholine rings is 1. The van der Waals surface area contributed by atoms with Crippen LogP contribution in [0.5, 0.6) is 0 Å². The van der Waals surface area contributed by atoms with Gasteiger partial charge in [-0.3, -0.25) is 10.1 Å². The van der Waals surface area contributed by atoms with Gasteiger partial charge in [-0.25, -0.2) is 9.59 Å². The summed E-state index contributed by atoms with van der Waals surface area (Å²) >= 11 is 0. The highest BCUT2D eigenvalue weighted by Crippen LogP contribution is 2.14. The molecule has 0 spiro atoms. The zero-order chi connectivity index (χ0) is 20.9. The van der Waals surface area contributed by atoms with Gasteiger partial charge in [0.25, 0.3) is 5.91 Å². The maximum Gasteiger partial charge on any atom is 0.412 e. The number of carbonyl (C=O) groups is 3. The third kappa shape index (κ3) is 6.84. The van der Waals surface area contributed by atoms with Gasteiger partial charge >= 0.3 is 12.1 Å². The summed E-state index contributed by atoms with van der Waals surface area (Å²) in [5.74, 6) is -0.856. The van der Waals surface area contributed by atoms with Crippen molar-refractivity contribution < 1.29 is 28.6 Å². The molecular formula is C20H28N2O6. The van der Waals surface area contributed by atoms with Crippen molar-refractivity contribution in [2.24, 2.45) is 0 Å². The summed E-state index contributed by atoms with van der Waals surface area (Å²) in [7, 11) is 0. The summed E-state index contributed by atoms with van der Waals surface area (Å²) in [6.07, 6.45) is -0.677. The Morgan fingerprint density at radius 1 is 1.11 bits per heavy atom. The van der Waals surface area contributed by atoms with E-state index < -0.39 is 17.7 Å². The molecule has 1 aliphatic rings. The largest absolute Gasteiger partial charge is 0.452 e. The molecule has 0 bridgehead atoms. The van der Waals surface area contributed by atoms with Crippen LogP contribution in [0, 0.1) is 0 Å². The molecule has 0 saturated carbocycles. The Hall–Kier alpha value is -2.61. The van der Waals surface area contributed by atoms with Gasteiger partial charge < -0.3 is 19.1 Å². The molecule has 0 radical (unpaired) electrons. The molecule has 8 nitrogen and oxygen atoms in total. The van der Waals surface area contributed by atoms with E-state index in [0.717, 1.165) is 0 Å². The number of anilines is 1. The first-order valence-corrected chi connectivity index (χ1v) is 9.24. The Morgan fingerprint density at radius 2 is 1.68 bits per heavy atom. The second-order valence-electron chi connectivity index (χ2n) is 7.84. The van der Waals surface area contributed by atoms with Gasteiger partial charge in [0.05, 0.1) is 17.8 Å². The van der Waals surface area contributed by atoms with Gasteiger partial charge in [-0.05, 0) is 58.9 Å². The van der Waals surface area contributed by atoms with Gasteiger partial charge in [0, 0.05) is 18.8 Å². The Balaban J connectivity index is 1.84. The Morgan fingerprint density at radius 3 is 2.21 bits per heavy atom. The quantitative estimate of drug-likeness (QED) is 0.792. The minimum atomic E-state index is -0.605. The van der Waals surface area contributed by atoms with Crippen LogP contribution in [0.4, 0.5) is 10.5 Å². The summed E-state index contributed by atoms with van der Waals surface area (Å²) in [4.78, 5) is 37.8. The average Bonchev–Trinajstić information content (AvgIpc) is 2.57. The molecule has 2 rings (SSSR count). The van der Waals surface area contributed by atoms with Crippen LogP contribution in [0.2, 0.25) is 0 Å². The highest BCUT2D eigenvalue weighted by molar-refractivity contribution is 5.92. The van der Waals surface area contributed by atoms with E-state index in [1.54, 1.807) is 37.8 Å². The van der Waals surface area contributed by atoms with E-state index in [0.29, 0.717) is 18.8 Å². The molecule has 1 N–H and O–H groups in total. The number of hydrogen-bond donors (Lipinski definition) is 1. The van der Waals surface area contributed by atoms with Crippen LogP contribution in [0.25, 0.3) is 0 Å². The lowest BCUT2D eigenvalue weighted by atomic mass is 10.2. The van der Waals surface area contributed by atoms with Crippen LogP contribution in [-0.4, -0.2) is 60.4 Å². The van der Waals surface area contributed by atoms with Crippen LogP contribution >= 0.6 is 0 Å². The zero-order valence-electron chi connectivity index (χ0n) is 17.0. The number of carbonyl (C=O) groups excluding carboxylic acids is 3. The topological polar surface area (TPSA) is 94.2 Å². The molecule has 2 atom stereocenters. The van der Waals surface area contributed by atoms with Gasteiger partial charge in [0.15, 0.2) is 6.61 Å². The Bertz CT molecular complexity index is 700. The lowest BCUT2D eigenvalue weighted by Crippen LogP contribution is -2.49. The molecule has 0 aliphatic carbocycles. The third-order valence-electron chi connectivity index (χ3n) is 3.86. The van der Waals surface area contributed by atoms with E-state index in [-0.39, 0.29) is 30.3 Å². The molecule has 0 unspecified atom stereocenters. The number of esters is 1. The van der Waals surface area contributed by atoms with Gasteiger partial charge in [-0.2, -0.15) is 0 Å². The number of benzene rings is 1. The second-order valence-corrected chi connectivity index (χ2v) is 7.84. The highest BCUT2D eigenvalue weighted by atomic mass is 16.6. The fraction of sp³-hybridized carbons (Fsp3) is 0.550. The third-order valence-corrected chi connectivity index (χ3v) is 3.86. The molecular weight excluding hydrogens is 364 g/mol. The molecule has 1 fully saturated rings. The molecule has 154 valence electrons. The minimum absolute atomic E-state index is 0.0478. The van der Waals surface area contributed by atoms with Crippen molar-refractivity contribution in [3.63, 3.8) is 0 Å². The number of rotatable bonds is 4. The van der Waals surface area contributed by atoms with Crippen LogP contribution in [0.1, 0.15) is 45.0 Å². The van der Waals surface area contributed by atoms with E-state index in [9.17, 15) is 14.4 Å². The van der Waals surface area contributed by atoms with E-state index >= 15 is 0 Å². The van der Waals surface area contributed by atoms with Crippen molar-refractivity contribution in [3.8, 4) is 0 Å². The van der Waals surface area contributed by atoms with Crippen molar-refractivity contribution in [3.05, 3.63) is 29.8 Å². The highest BCUT2D eigenvalue weighted by Gasteiger charge is 2.26. The molecule has 1 heterocycles. The number of nitrogens with zero attached hydrogens (tertiary/aromatic N) is 1. The molecule has 1 aliphatic heterocycles. The first-order valence-electron chi connectivity index (χ1n) is 9.24.